The van der Waals surface area contributed by atoms with Crippen LogP contribution in [0.25, 0.3) is 5.76 Å². The molecule has 1 aliphatic rings. The Morgan fingerprint density at radius 2 is 1.48 bits per heavy atom. The van der Waals surface area contributed by atoms with Gasteiger partial charge in [0.2, 0.25) is 0 Å². The lowest BCUT2D eigenvalue weighted by Crippen LogP contribution is -2.29. The predicted molar refractivity (Wildman–Crippen MR) is 106 cm³/mol. The summed E-state index contributed by atoms with van der Waals surface area (Å²) in [7, 11) is 0. The van der Waals surface area contributed by atoms with Crippen molar-refractivity contribution in [2.75, 3.05) is 4.90 Å². The molecular formula is C23H16FNO4. The Labute approximate surface area is 166 Å². The van der Waals surface area contributed by atoms with Gasteiger partial charge in [0, 0.05) is 5.56 Å². The van der Waals surface area contributed by atoms with Crippen molar-refractivity contribution in [3.63, 3.8) is 0 Å². The lowest BCUT2D eigenvalue weighted by atomic mass is 9.95. The Kier molecular flexibility index (Phi) is 4.60. The van der Waals surface area contributed by atoms with E-state index in [0.29, 0.717) is 5.56 Å². The summed E-state index contributed by atoms with van der Waals surface area (Å²) in [5.41, 5.74) is 0.818. The van der Waals surface area contributed by atoms with E-state index >= 15 is 0 Å². The highest BCUT2D eigenvalue weighted by Crippen LogP contribution is 2.44. The molecule has 1 heterocycles. The van der Waals surface area contributed by atoms with E-state index in [9.17, 15) is 24.2 Å². The average Bonchev–Trinajstić information content (AvgIpc) is 3.00. The number of aliphatic hydroxyl groups is 1. The van der Waals surface area contributed by atoms with Crippen LogP contribution < -0.4 is 4.90 Å². The number of para-hydroxylation sites is 2. The van der Waals surface area contributed by atoms with E-state index in [1.807, 2.05) is 0 Å². The minimum atomic E-state index is -0.949. The number of hydrogen-bond acceptors (Lipinski definition) is 4. The molecule has 0 aliphatic carbocycles. The van der Waals surface area contributed by atoms with E-state index in [1.54, 1.807) is 42.5 Å². The molecule has 1 fully saturated rings. The zero-order chi connectivity index (χ0) is 20.5. The van der Waals surface area contributed by atoms with Crippen molar-refractivity contribution in [1.29, 1.82) is 0 Å². The van der Waals surface area contributed by atoms with Gasteiger partial charge in [0.05, 0.1) is 17.3 Å². The van der Waals surface area contributed by atoms with Gasteiger partial charge in [-0.2, -0.15) is 0 Å². The molecule has 2 N–H and O–H groups in total. The molecule has 0 spiro atoms. The van der Waals surface area contributed by atoms with E-state index < -0.39 is 29.3 Å². The van der Waals surface area contributed by atoms with Crippen LogP contribution in [0.1, 0.15) is 17.2 Å². The fourth-order valence-electron chi connectivity index (χ4n) is 3.46. The normalized spacial score (nSPS) is 18.2. The third-order valence-electron chi connectivity index (χ3n) is 4.82. The summed E-state index contributed by atoms with van der Waals surface area (Å²) in [6, 6.07) is 18.9. The number of phenolic OH excluding ortho intramolecular Hbond substituents is 1. The Bertz CT molecular complexity index is 1120. The number of carbonyl (C=O) groups excluding carboxylic acids is 2. The molecule has 144 valence electrons. The van der Waals surface area contributed by atoms with Crippen molar-refractivity contribution in [2.24, 2.45) is 0 Å². The molecule has 1 atom stereocenters. The summed E-state index contributed by atoms with van der Waals surface area (Å²) in [6.45, 7) is 0. The Morgan fingerprint density at radius 1 is 0.862 bits per heavy atom. The number of ketones is 1. The highest BCUT2D eigenvalue weighted by Gasteiger charge is 2.47. The Balaban J connectivity index is 1.96. The van der Waals surface area contributed by atoms with Gasteiger partial charge in [-0.3, -0.25) is 14.5 Å². The summed E-state index contributed by atoms with van der Waals surface area (Å²) in [6.07, 6.45) is 0. The van der Waals surface area contributed by atoms with Crippen LogP contribution in [0.5, 0.6) is 5.75 Å². The highest BCUT2D eigenvalue weighted by molar-refractivity contribution is 6.51. The van der Waals surface area contributed by atoms with Crippen LogP contribution >= 0.6 is 0 Å². The van der Waals surface area contributed by atoms with Gasteiger partial charge in [0.25, 0.3) is 11.7 Å². The molecule has 3 aromatic rings. The second-order valence-electron chi connectivity index (χ2n) is 6.58. The fourth-order valence-corrected chi connectivity index (χ4v) is 3.46. The van der Waals surface area contributed by atoms with Gasteiger partial charge >= 0.3 is 0 Å². The third kappa shape index (κ3) is 3.14. The number of nitrogens with zero attached hydrogens (tertiary/aromatic N) is 1. The van der Waals surface area contributed by atoms with Crippen LogP contribution in [0, 0.1) is 5.82 Å². The molecule has 0 bridgehead atoms. The number of hydrogen-bond donors (Lipinski definition) is 2. The number of anilines is 1. The zero-order valence-electron chi connectivity index (χ0n) is 15.1. The van der Waals surface area contributed by atoms with Crippen molar-refractivity contribution < 1.29 is 24.2 Å². The molecule has 29 heavy (non-hydrogen) atoms. The van der Waals surface area contributed by atoms with Gasteiger partial charge < -0.3 is 10.2 Å². The maximum absolute atomic E-state index is 13.3. The smallest absolute Gasteiger partial charge is 0.300 e. The number of aliphatic hydroxyl groups excluding tert-OH is 1. The average molecular weight is 389 g/mol. The van der Waals surface area contributed by atoms with Gasteiger partial charge in [0.1, 0.15) is 17.3 Å². The van der Waals surface area contributed by atoms with Crippen molar-refractivity contribution in [2.45, 2.75) is 6.04 Å². The molecule has 0 aromatic heterocycles. The van der Waals surface area contributed by atoms with Crippen LogP contribution in [0.4, 0.5) is 10.1 Å². The molecule has 1 aliphatic heterocycles. The highest BCUT2D eigenvalue weighted by atomic mass is 19.1. The van der Waals surface area contributed by atoms with Gasteiger partial charge in [-0.15, -0.1) is 0 Å². The van der Waals surface area contributed by atoms with E-state index in [0.717, 1.165) is 12.1 Å². The molecule has 0 saturated carbocycles. The SMILES string of the molecule is O=C1C(=O)N(c2ccccc2O)C(c2ccccc2)/C1=C(\O)c1ccc(F)cc1. The first kappa shape index (κ1) is 18.4. The fraction of sp³-hybridized carbons (Fsp3) is 0.0435. The van der Waals surface area contributed by atoms with Crippen molar-refractivity contribution in [3.8, 4) is 5.75 Å². The van der Waals surface area contributed by atoms with Crippen molar-refractivity contribution in [3.05, 3.63) is 101 Å². The number of benzene rings is 3. The molecule has 1 saturated heterocycles. The first-order valence-corrected chi connectivity index (χ1v) is 8.89. The minimum absolute atomic E-state index is 0.129. The standard InChI is InChI=1S/C23H16FNO4/c24-16-12-10-15(11-13-16)21(27)19-20(14-6-2-1-3-7-14)25(23(29)22(19)28)17-8-4-5-9-18(17)26/h1-13,20,26-27H/b21-19+. The van der Waals surface area contributed by atoms with E-state index in [4.69, 9.17) is 0 Å². The maximum atomic E-state index is 13.3. The number of carbonyl (C=O) groups is 2. The number of amides is 1. The first-order valence-electron chi connectivity index (χ1n) is 8.89. The predicted octanol–water partition coefficient (Wildman–Crippen LogP) is 4.16. The maximum Gasteiger partial charge on any atom is 0.300 e. The van der Waals surface area contributed by atoms with Gasteiger partial charge in [-0.1, -0.05) is 42.5 Å². The summed E-state index contributed by atoms with van der Waals surface area (Å²) in [4.78, 5) is 27.0. The summed E-state index contributed by atoms with van der Waals surface area (Å²) >= 11 is 0. The third-order valence-corrected chi connectivity index (χ3v) is 4.82. The molecule has 0 radical (unpaired) electrons. The Morgan fingerprint density at radius 3 is 2.14 bits per heavy atom. The van der Waals surface area contributed by atoms with Crippen LogP contribution in [-0.2, 0) is 9.59 Å². The first-order chi connectivity index (χ1) is 14.0. The number of aromatic hydroxyl groups is 1. The van der Waals surface area contributed by atoms with Crippen LogP contribution in [0.15, 0.2) is 84.4 Å². The second kappa shape index (κ2) is 7.24. The molecule has 5 nitrogen and oxygen atoms in total. The van der Waals surface area contributed by atoms with E-state index in [2.05, 4.69) is 0 Å². The Hall–Kier alpha value is -3.93. The second-order valence-corrected chi connectivity index (χ2v) is 6.58. The minimum Gasteiger partial charge on any atom is -0.507 e. The quantitative estimate of drug-likeness (QED) is 0.401. The van der Waals surface area contributed by atoms with E-state index in [1.165, 1.54) is 29.2 Å². The van der Waals surface area contributed by atoms with Crippen LogP contribution in [0.2, 0.25) is 0 Å². The summed E-state index contributed by atoms with van der Waals surface area (Å²) < 4.78 is 13.3. The lowest BCUT2D eigenvalue weighted by Gasteiger charge is -2.26. The molecule has 6 heteroatoms. The van der Waals surface area contributed by atoms with Crippen molar-refractivity contribution in [1.82, 2.24) is 0 Å². The van der Waals surface area contributed by atoms with Crippen LogP contribution in [-0.4, -0.2) is 21.9 Å². The molecule has 4 rings (SSSR count). The molecule has 3 aromatic carbocycles. The lowest BCUT2D eigenvalue weighted by molar-refractivity contribution is -0.132. The topological polar surface area (TPSA) is 77.8 Å². The van der Waals surface area contributed by atoms with Crippen LogP contribution in [0.3, 0.4) is 0 Å². The number of halogens is 1. The molecule has 1 amide bonds. The zero-order valence-corrected chi connectivity index (χ0v) is 15.1. The number of phenols is 1. The van der Waals surface area contributed by atoms with Gasteiger partial charge in [0.15, 0.2) is 0 Å². The monoisotopic (exact) mass is 389 g/mol. The summed E-state index contributed by atoms with van der Waals surface area (Å²) in [5.74, 6) is -2.82. The molecular weight excluding hydrogens is 373 g/mol. The molecule has 1 unspecified atom stereocenters. The van der Waals surface area contributed by atoms with Gasteiger partial charge in [-0.05, 0) is 42.0 Å². The van der Waals surface area contributed by atoms with E-state index in [-0.39, 0.29) is 22.6 Å². The largest absolute Gasteiger partial charge is 0.507 e. The number of rotatable bonds is 3. The number of Topliss-reactive ketones (excluding diaryl/α,β-unsaturated/α-hetero) is 1. The van der Waals surface area contributed by atoms with Crippen molar-refractivity contribution >= 4 is 23.1 Å². The van der Waals surface area contributed by atoms with Gasteiger partial charge in [-0.25, -0.2) is 4.39 Å². The summed E-state index contributed by atoms with van der Waals surface area (Å²) in [5, 5.41) is 21.1.